The minimum Gasteiger partial charge on any atom is -0.397 e. The minimum atomic E-state index is -0.745. The first-order chi connectivity index (χ1) is 8.59. The molecule has 1 fully saturated rings. The molecule has 0 aromatic carbocycles. The number of morpholine rings is 1. The van der Waals surface area contributed by atoms with E-state index in [1.807, 2.05) is 0 Å². The van der Waals surface area contributed by atoms with Gasteiger partial charge in [0, 0.05) is 6.54 Å². The van der Waals surface area contributed by atoms with Gasteiger partial charge in [-0.1, -0.05) is 0 Å². The third kappa shape index (κ3) is 2.40. The Morgan fingerprint density at radius 3 is 2.83 bits per heavy atom. The van der Waals surface area contributed by atoms with E-state index in [2.05, 4.69) is 4.98 Å². The Kier molecular flexibility index (Phi) is 3.42. The summed E-state index contributed by atoms with van der Waals surface area (Å²) in [6.07, 6.45) is 1.40. The Balaban J connectivity index is 2.20. The lowest BCUT2D eigenvalue weighted by molar-refractivity contribution is -0.127. The summed E-state index contributed by atoms with van der Waals surface area (Å²) in [5.74, 6) is -0.930. The van der Waals surface area contributed by atoms with Gasteiger partial charge in [-0.3, -0.25) is 9.59 Å². The highest BCUT2D eigenvalue weighted by molar-refractivity contribution is 5.96. The molecule has 1 aromatic heterocycles. The summed E-state index contributed by atoms with van der Waals surface area (Å²) in [5.41, 5.74) is 11.4. The molecule has 1 aliphatic rings. The van der Waals surface area contributed by atoms with Crippen molar-refractivity contribution in [2.24, 2.45) is 5.73 Å². The number of nitrogens with zero attached hydrogens (tertiary/aromatic N) is 2. The van der Waals surface area contributed by atoms with Gasteiger partial charge >= 0.3 is 0 Å². The van der Waals surface area contributed by atoms with Crippen LogP contribution in [-0.4, -0.2) is 47.5 Å². The molecular formula is C11H14N4O3. The lowest BCUT2D eigenvalue weighted by Crippen LogP contribution is -2.54. The Morgan fingerprint density at radius 2 is 2.22 bits per heavy atom. The third-order valence-corrected chi connectivity index (χ3v) is 2.72. The molecule has 0 radical (unpaired) electrons. The van der Waals surface area contributed by atoms with E-state index in [4.69, 9.17) is 16.2 Å². The lowest BCUT2D eigenvalue weighted by atomic mass is 10.2. The fourth-order valence-electron chi connectivity index (χ4n) is 1.76. The molecule has 1 aliphatic heterocycles. The Morgan fingerprint density at radius 1 is 1.44 bits per heavy atom. The smallest absolute Gasteiger partial charge is 0.273 e. The fraction of sp³-hybridized carbons (Fsp3) is 0.364. The maximum atomic E-state index is 12.2. The van der Waals surface area contributed by atoms with Crippen molar-refractivity contribution in [3.05, 3.63) is 24.0 Å². The molecule has 7 nitrogen and oxygen atoms in total. The number of hydrogen-bond acceptors (Lipinski definition) is 5. The highest BCUT2D eigenvalue weighted by Gasteiger charge is 2.32. The van der Waals surface area contributed by atoms with Crippen LogP contribution in [0.2, 0.25) is 0 Å². The molecule has 18 heavy (non-hydrogen) atoms. The number of amides is 2. The third-order valence-electron chi connectivity index (χ3n) is 2.72. The first-order valence-corrected chi connectivity index (χ1v) is 5.49. The molecule has 1 saturated heterocycles. The number of rotatable bonds is 2. The SMILES string of the molecule is NC(=O)C1COCCN1C(=O)c1ccc(N)cn1. The molecule has 1 unspecified atom stereocenters. The van der Waals surface area contributed by atoms with Crippen LogP contribution in [-0.2, 0) is 9.53 Å². The summed E-state index contributed by atoms with van der Waals surface area (Å²) < 4.78 is 5.14. The fourth-order valence-corrected chi connectivity index (χ4v) is 1.76. The van der Waals surface area contributed by atoms with Crippen LogP contribution in [0.3, 0.4) is 0 Å². The van der Waals surface area contributed by atoms with E-state index in [0.29, 0.717) is 18.8 Å². The maximum absolute atomic E-state index is 12.2. The van der Waals surface area contributed by atoms with Crippen molar-refractivity contribution >= 4 is 17.5 Å². The van der Waals surface area contributed by atoms with E-state index >= 15 is 0 Å². The zero-order valence-electron chi connectivity index (χ0n) is 9.70. The molecule has 0 spiro atoms. The number of hydrogen-bond donors (Lipinski definition) is 2. The first-order valence-electron chi connectivity index (χ1n) is 5.49. The van der Waals surface area contributed by atoms with E-state index in [1.54, 1.807) is 6.07 Å². The maximum Gasteiger partial charge on any atom is 0.273 e. The van der Waals surface area contributed by atoms with Gasteiger partial charge in [-0.15, -0.1) is 0 Å². The lowest BCUT2D eigenvalue weighted by Gasteiger charge is -2.33. The molecule has 1 atom stereocenters. The summed E-state index contributed by atoms with van der Waals surface area (Å²) >= 11 is 0. The van der Waals surface area contributed by atoms with Gasteiger partial charge in [0.2, 0.25) is 5.91 Å². The van der Waals surface area contributed by atoms with Crippen LogP contribution in [0.1, 0.15) is 10.5 Å². The van der Waals surface area contributed by atoms with Crippen molar-refractivity contribution in [2.75, 3.05) is 25.5 Å². The summed E-state index contributed by atoms with van der Waals surface area (Å²) in [6, 6.07) is 2.36. The van der Waals surface area contributed by atoms with Gasteiger partial charge in [-0.05, 0) is 12.1 Å². The second-order valence-corrected chi connectivity index (χ2v) is 3.97. The predicted octanol–water partition coefficient (Wildman–Crippen LogP) is -1.01. The van der Waals surface area contributed by atoms with Crippen molar-refractivity contribution in [1.82, 2.24) is 9.88 Å². The van der Waals surface area contributed by atoms with Crippen LogP contribution in [0.4, 0.5) is 5.69 Å². The summed E-state index contributed by atoms with van der Waals surface area (Å²) in [7, 11) is 0. The molecule has 2 rings (SSSR count). The molecule has 4 N–H and O–H groups in total. The molecule has 7 heteroatoms. The van der Waals surface area contributed by atoms with Gasteiger partial charge in [0.25, 0.3) is 5.91 Å². The van der Waals surface area contributed by atoms with Crippen LogP contribution >= 0.6 is 0 Å². The van der Waals surface area contributed by atoms with E-state index < -0.39 is 11.9 Å². The number of anilines is 1. The Hall–Kier alpha value is -2.15. The standard InChI is InChI=1S/C11H14N4O3/c12-7-1-2-8(14-5-7)11(17)15-3-4-18-6-9(15)10(13)16/h1-2,5,9H,3-4,6,12H2,(H2,13,16). The van der Waals surface area contributed by atoms with Crippen molar-refractivity contribution < 1.29 is 14.3 Å². The quantitative estimate of drug-likeness (QED) is 0.698. The van der Waals surface area contributed by atoms with E-state index in [0.717, 1.165) is 0 Å². The zero-order chi connectivity index (χ0) is 13.1. The van der Waals surface area contributed by atoms with Crippen molar-refractivity contribution in [2.45, 2.75) is 6.04 Å². The number of carbonyl (C=O) groups is 2. The molecule has 96 valence electrons. The van der Waals surface area contributed by atoms with E-state index in [9.17, 15) is 9.59 Å². The number of nitrogen functional groups attached to an aromatic ring is 1. The molecule has 0 bridgehead atoms. The van der Waals surface area contributed by atoms with Gasteiger partial charge in [0.1, 0.15) is 11.7 Å². The average Bonchev–Trinajstić information content (AvgIpc) is 2.39. The van der Waals surface area contributed by atoms with E-state index in [-0.39, 0.29) is 18.2 Å². The number of aromatic nitrogens is 1. The van der Waals surface area contributed by atoms with Gasteiger partial charge < -0.3 is 21.1 Å². The summed E-state index contributed by atoms with van der Waals surface area (Å²) in [4.78, 5) is 28.8. The van der Waals surface area contributed by atoms with Crippen molar-refractivity contribution in [3.63, 3.8) is 0 Å². The average molecular weight is 250 g/mol. The van der Waals surface area contributed by atoms with Crippen molar-refractivity contribution in [3.8, 4) is 0 Å². The van der Waals surface area contributed by atoms with E-state index in [1.165, 1.54) is 17.2 Å². The normalized spacial score (nSPS) is 19.6. The molecular weight excluding hydrogens is 236 g/mol. The largest absolute Gasteiger partial charge is 0.397 e. The minimum absolute atomic E-state index is 0.121. The number of nitrogens with two attached hydrogens (primary N) is 2. The molecule has 2 heterocycles. The van der Waals surface area contributed by atoms with Gasteiger partial charge in [0.05, 0.1) is 25.1 Å². The first kappa shape index (κ1) is 12.3. The Labute approximate surface area is 104 Å². The van der Waals surface area contributed by atoms with Gasteiger partial charge in [-0.2, -0.15) is 0 Å². The summed E-state index contributed by atoms with van der Waals surface area (Å²) in [5, 5.41) is 0. The molecule has 1 aromatic rings. The second-order valence-electron chi connectivity index (χ2n) is 3.97. The molecule has 2 amide bonds. The number of carbonyl (C=O) groups excluding carboxylic acids is 2. The topological polar surface area (TPSA) is 112 Å². The number of pyridine rings is 1. The number of ether oxygens (including phenoxy) is 1. The molecule has 0 saturated carbocycles. The highest BCUT2D eigenvalue weighted by Crippen LogP contribution is 2.12. The van der Waals surface area contributed by atoms with Crippen LogP contribution in [0.5, 0.6) is 0 Å². The zero-order valence-corrected chi connectivity index (χ0v) is 9.70. The van der Waals surface area contributed by atoms with Crippen LogP contribution in [0.15, 0.2) is 18.3 Å². The second kappa shape index (κ2) is 5.01. The van der Waals surface area contributed by atoms with Crippen LogP contribution < -0.4 is 11.5 Å². The van der Waals surface area contributed by atoms with Crippen LogP contribution in [0, 0.1) is 0 Å². The Bertz CT molecular complexity index is 460. The molecule has 0 aliphatic carbocycles. The van der Waals surface area contributed by atoms with Gasteiger partial charge in [0.15, 0.2) is 0 Å². The number of primary amides is 1. The summed E-state index contributed by atoms with van der Waals surface area (Å²) in [6.45, 7) is 0.818. The predicted molar refractivity (Wildman–Crippen MR) is 63.5 cm³/mol. The monoisotopic (exact) mass is 250 g/mol. The van der Waals surface area contributed by atoms with Crippen molar-refractivity contribution in [1.29, 1.82) is 0 Å². The van der Waals surface area contributed by atoms with Gasteiger partial charge in [-0.25, -0.2) is 4.98 Å². The van der Waals surface area contributed by atoms with Crippen LogP contribution in [0.25, 0.3) is 0 Å². The highest BCUT2D eigenvalue weighted by atomic mass is 16.5.